The Labute approximate surface area is 72.0 Å². The molecule has 0 unspecified atom stereocenters. The van der Waals surface area contributed by atoms with Crippen LogP contribution < -0.4 is 5.73 Å². The first-order valence-electron chi connectivity index (χ1n) is 4.42. The lowest BCUT2D eigenvalue weighted by molar-refractivity contribution is 0.656. The topological polar surface area (TPSA) is 51.8 Å². The number of nitrogens with zero attached hydrogens (tertiary/aromatic N) is 2. The second-order valence-electron chi connectivity index (χ2n) is 3.26. The minimum absolute atomic E-state index is 0.598. The largest absolute Gasteiger partial charge is 0.383 e. The quantitative estimate of drug-likeness (QED) is 0.682. The predicted octanol–water partition coefficient (Wildman–Crippen LogP) is 1.50. The standard InChI is InChI=1S/C9H13N3/c1-2-6-3-4-7-8(6)9(10)12-5-11-7/h5-6H,2-4H2,1H3,(H2,10,11,12)/t6-/m0/s1. The van der Waals surface area contributed by atoms with Crippen molar-refractivity contribution in [1.82, 2.24) is 9.97 Å². The van der Waals surface area contributed by atoms with Crippen LogP contribution in [0.15, 0.2) is 6.33 Å². The van der Waals surface area contributed by atoms with Crippen LogP contribution in [0.3, 0.4) is 0 Å². The van der Waals surface area contributed by atoms with Gasteiger partial charge < -0.3 is 5.73 Å². The predicted molar refractivity (Wildman–Crippen MR) is 47.8 cm³/mol. The molecule has 1 aliphatic carbocycles. The number of hydrogen-bond donors (Lipinski definition) is 1. The first-order chi connectivity index (χ1) is 5.83. The Hall–Kier alpha value is -1.12. The summed E-state index contributed by atoms with van der Waals surface area (Å²) < 4.78 is 0. The van der Waals surface area contributed by atoms with Gasteiger partial charge in [-0.2, -0.15) is 0 Å². The lowest BCUT2D eigenvalue weighted by Crippen LogP contribution is -2.01. The molecule has 1 aromatic heterocycles. The van der Waals surface area contributed by atoms with Crippen molar-refractivity contribution in [3.8, 4) is 0 Å². The van der Waals surface area contributed by atoms with Crippen LogP contribution in [0.2, 0.25) is 0 Å². The summed E-state index contributed by atoms with van der Waals surface area (Å²) >= 11 is 0. The summed E-state index contributed by atoms with van der Waals surface area (Å²) in [4.78, 5) is 8.24. The molecule has 12 heavy (non-hydrogen) atoms. The van der Waals surface area contributed by atoms with Gasteiger partial charge >= 0.3 is 0 Å². The van der Waals surface area contributed by atoms with E-state index < -0.39 is 0 Å². The van der Waals surface area contributed by atoms with Crippen LogP contribution in [0.1, 0.15) is 36.9 Å². The van der Waals surface area contributed by atoms with Gasteiger partial charge in [0.2, 0.25) is 0 Å². The normalized spacial score (nSPS) is 20.9. The maximum Gasteiger partial charge on any atom is 0.130 e. The van der Waals surface area contributed by atoms with Crippen molar-refractivity contribution in [2.75, 3.05) is 5.73 Å². The minimum atomic E-state index is 0.598. The van der Waals surface area contributed by atoms with E-state index in [4.69, 9.17) is 5.73 Å². The highest BCUT2D eigenvalue weighted by Crippen LogP contribution is 2.36. The number of nitrogens with two attached hydrogens (primary N) is 1. The van der Waals surface area contributed by atoms with Crippen LogP contribution >= 0.6 is 0 Å². The minimum Gasteiger partial charge on any atom is -0.383 e. The van der Waals surface area contributed by atoms with Crippen molar-refractivity contribution in [2.45, 2.75) is 32.1 Å². The van der Waals surface area contributed by atoms with Crippen LogP contribution in [0.5, 0.6) is 0 Å². The number of rotatable bonds is 1. The molecule has 64 valence electrons. The van der Waals surface area contributed by atoms with Crippen molar-refractivity contribution in [2.24, 2.45) is 0 Å². The fourth-order valence-electron chi connectivity index (χ4n) is 1.96. The zero-order valence-electron chi connectivity index (χ0n) is 7.25. The maximum absolute atomic E-state index is 5.79. The Morgan fingerprint density at radius 1 is 1.58 bits per heavy atom. The van der Waals surface area contributed by atoms with Crippen LogP contribution in [0, 0.1) is 0 Å². The third-order valence-electron chi connectivity index (χ3n) is 2.63. The van der Waals surface area contributed by atoms with E-state index in [0.29, 0.717) is 11.7 Å². The van der Waals surface area contributed by atoms with Gasteiger partial charge in [-0.25, -0.2) is 9.97 Å². The van der Waals surface area contributed by atoms with Crippen molar-refractivity contribution in [3.63, 3.8) is 0 Å². The highest BCUT2D eigenvalue weighted by Gasteiger charge is 2.24. The third kappa shape index (κ3) is 0.967. The van der Waals surface area contributed by atoms with E-state index in [1.807, 2.05) is 0 Å². The van der Waals surface area contributed by atoms with Crippen LogP contribution in [0.25, 0.3) is 0 Å². The first kappa shape index (κ1) is 7.53. The zero-order chi connectivity index (χ0) is 8.55. The van der Waals surface area contributed by atoms with E-state index in [1.165, 1.54) is 12.0 Å². The summed E-state index contributed by atoms with van der Waals surface area (Å²) in [5.41, 5.74) is 8.16. The molecule has 0 aliphatic heterocycles. The van der Waals surface area contributed by atoms with Crippen molar-refractivity contribution >= 4 is 5.82 Å². The third-order valence-corrected chi connectivity index (χ3v) is 2.63. The van der Waals surface area contributed by atoms with Gasteiger partial charge in [-0.1, -0.05) is 6.92 Å². The van der Waals surface area contributed by atoms with Crippen molar-refractivity contribution in [1.29, 1.82) is 0 Å². The number of fused-ring (bicyclic) bond motifs is 1. The first-order valence-corrected chi connectivity index (χ1v) is 4.42. The lowest BCUT2D eigenvalue weighted by Gasteiger charge is -2.08. The molecule has 1 atom stereocenters. The molecule has 2 N–H and O–H groups in total. The summed E-state index contributed by atoms with van der Waals surface area (Å²) in [5, 5.41) is 0. The fourth-order valence-corrected chi connectivity index (χ4v) is 1.96. The van der Waals surface area contributed by atoms with Gasteiger partial charge in [0.1, 0.15) is 12.1 Å². The zero-order valence-corrected chi connectivity index (χ0v) is 7.25. The fraction of sp³-hybridized carbons (Fsp3) is 0.556. The molecule has 2 rings (SSSR count). The molecule has 1 aliphatic rings. The van der Waals surface area contributed by atoms with Gasteiger partial charge in [-0.15, -0.1) is 0 Å². The van der Waals surface area contributed by atoms with Gasteiger partial charge in [-0.05, 0) is 25.2 Å². The molecule has 0 saturated heterocycles. The molecule has 0 bridgehead atoms. The van der Waals surface area contributed by atoms with Crippen molar-refractivity contribution < 1.29 is 0 Å². The summed E-state index contributed by atoms with van der Waals surface area (Å²) in [6, 6.07) is 0. The molecular formula is C9H13N3. The van der Waals surface area contributed by atoms with Crippen LogP contribution in [0.4, 0.5) is 5.82 Å². The summed E-state index contributed by atoms with van der Waals surface area (Å²) in [5.74, 6) is 1.28. The molecule has 0 saturated carbocycles. The van der Waals surface area contributed by atoms with Gasteiger partial charge in [0.25, 0.3) is 0 Å². The molecule has 1 heterocycles. The van der Waals surface area contributed by atoms with E-state index in [2.05, 4.69) is 16.9 Å². The van der Waals surface area contributed by atoms with E-state index >= 15 is 0 Å². The molecule has 0 fully saturated rings. The summed E-state index contributed by atoms with van der Waals surface area (Å²) in [6.45, 7) is 2.19. The van der Waals surface area contributed by atoms with E-state index in [9.17, 15) is 0 Å². The average molecular weight is 163 g/mol. The Morgan fingerprint density at radius 2 is 2.42 bits per heavy atom. The summed E-state index contributed by atoms with van der Waals surface area (Å²) in [7, 11) is 0. The SMILES string of the molecule is CC[C@H]1CCc2ncnc(N)c21. The van der Waals surface area contributed by atoms with Gasteiger partial charge in [0.15, 0.2) is 0 Å². The van der Waals surface area contributed by atoms with Crippen LogP contribution in [-0.4, -0.2) is 9.97 Å². The number of aryl methyl sites for hydroxylation is 1. The highest BCUT2D eigenvalue weighted by molar-refractivity contribution is 5.46. The Balaban J connectivity index is 2.48. The average Bonchev–Trinajstić information content (AvgIpc) is 2.49. The molecule has 3 heteroatoms. The Morgan fingerprint density at radius 3 is 3.17 bits per heavy atom. The van der Waals surface area contributed by atoms with Gasteiger partial charge in [0.05, 0.1) is 0 Å². The molecule has 0 spiro atoms. The highest BCUT2D eigenvalue weighted by atomic mass is 14.9. The van der Waals surface area contributed by atoms with E-state index in [-0.39, 0.29) is 0 Å². The molecular weight excluding hydrogens is 150 g/mol. The van der Waals surface area contributed by atoms with Crippen molar-refractivity contribution in [3.05, 3.63) is 17.6 Å². The monoisotopic (exact) mass is 163 g/mol. The summed E-state index contributed by atoms with van der Waals surface area (Å²) in [6.07, 6.45) is 4.96. The maximum atomic E-state index is 5.79. The smallest absolute Gasteiger partial charge is 0.130 e. The van der Waals surface area contributed by atoms with Gasteiger partial charge in [-0.3, -0.25) is 0 Å². The molecule has 0 radical (unpaired) electrons. The van der Waals surface area contributed by atoms with E-state index in [0.717, 1.165) is 18.5 Å². The number of nitrogen functional groups attached to an aromatic ring is 1. The van der Waals surface area contributed by atoms with Crippen LogP contribution in [-0.2, 0) is 6.42 Å². The Bertz CT molecular complexity index is 296. The number of hydrogen-bond acceptors (Lipinski definition) is 3. The molecule has 0 aromatic carbocycles. The molecule has 1 aromatic rings. The Kier molecular flexibility index (Phi) is 1.71. The van der Waals surface area contributed by atoms with E-state index in [1.54, 1.807) is 6.33 Å². The molecule has 0 amide bonds. The molecule has 3 nitrogen and oxygen atoms in total. The number of aromatic nitrogens is 2. The number of anilines is 1. The lowest BCUT2D eigenvalue weighted by atomic mass is 10.0. The van der Waals surface area contributed by atoms with Gasteiger partial charge in [0, 0.05) is 11.3 Å². The second-order valence-corrected chi connectivity index (χ2v) is 3.26. The second kappa shape index (κ2) is 2.73.